The molecule has 1 aliphatic rings. The third-order valence-corrected chi connectivity index (χ3v) is 2.87. The van der Waals surface area contributed by atoms with E-state index in [9.17, 15) is 0 Å². The predicted molar refractivity (Wildman–Crippen MR) is 62.4 cm³/mol. The molecular weight excluding hydrogens is 186 g/mol. The second-order valence-electron chi connectivity index (χ2n) is 4.62. The van der Waals surface area contributed by atoms with Crippen molar-refractivity contribution >= 4 is 6.08 Å². The maximum atomic E-state index is 5.87. The van der Waals surface area contributed by atoms with E-state index in [0.717, 1.165) is 25.0 Å². The molecule has 0 aromatic carbocycles. The maximum Gasteiger partial charge on any atom is 0.0850 e. The van der Waals surface area contributed by atoms with Crippen molar-refractivity contribution in [2.45, 2.75) is 45.2 Å². The summed E-state index contributed by atoms with van der Waals surface area (Å²) in [6.07, 6.45) is 7.51. The van der Waals surface area contributed by atoms with E-state index in [4.69, 9.17) is 5.73 Å². The summed E-state index contributed by atoms with van der Waals surface area (Å²) in [6, 6.07) is 2.86. The predicted octanol–water partition coefficient (Wildman–Crippen LogP) is 2.36. The van der Waals surface area contributed by atoms with Crippen molar-refractivity contribution in [1.29, 1.82) is 0 Å². The fourth-order valence-electron chi connectivity index (χ4n) is 1.97. The Balaban J connectivity index is 2.10. The van der Waals surface area contributed by atoms with E-state index in [-0.39, 0.29) is 0 Å². The molecule has 0 radical (unpaired) electrons. The monoisotopic (exact) mass is 205 g/mol. The molecule has 1 saturated carbocycles. The van der Waals surface area contributed by atoms with Gasteiger partial charge in [0.2, 0.25) is 0 Å². The Bertz CT molecular complexity index is 363. The highest BCUT2D eigenvalue weighted by molar-refractivity contribution is 5.49. The minimum atomic E-state index is 0.364. The lowest BCUT2D eigenvalue weighted by molar-refractivity contribution is 0.531. The van der Waals surface area contributed by atoms with Crippen LogP contribution < -0.4 is 5.73 Å². The van der Waals surface area contributed by atoms with Gasteiger partial charge in [-0.1, -0.05) is 5.57 Å². The van der Waals surface area contributed by atoms with Gasteiger partial charge in [0.15, 0.2) is 0 Å². The van der Waals surface area contributed by atoms with E-state index in [2.05, 4.69) is 31.1 Å². The number of hydrogen-bond acceptors (Lipinski definition) is 2. The van der Waals surface area contributed by atoms with Crippen molar-refractivity contribution in [3.05, 3.63) is 23.5 Å². The van der Waals surface area contributed by atoms with E-state index in [1.807, 2.05) is 10.9 Å². The minimum absolute atomic E-state index is 0.364. The van der Waals surface area contributed by atoms with Crippen molar-refractivity contribution < 1.29 is 0 Å². The van der Waals surface area contributed by atoms with Crippen LogP contribution in [0.25, 0.3) is 6.08 Å². The molecule has 1 atom stereocenters. The molecule has 3 heteroatoms. The summed E-state index contributed by atoms with van der Waals surface area (Å²) in [5.41, 5.74) is 8.37. The topological polar surface area (TPSA) is 43.8 Å². The highest BCUT2D eigenvalue weighted by Crippen LogP contribution is 2.25. The van der Waals surface area contributed by atoms with Gasteiger partial charge in [-0.3, -0.25) is 4.68 Å². The van der Waals surface area contributed by atoms with Crippen LogP contribution in [-0.4, -0.2) is 15.8 Å². The Morgan fingerprint density at radius 2 is 2.40 bits per heavy atom. The van der Waals surface area contributed by atoms with Gasteiger partial charge in [0.25, 0.3) is 0 Å². The molecule has 2 rings (SSSR count). The Labute approximate surface area is 91.0 Å². The van der Waals surface area contributed by atoms with Crippen molar-refractivity contribution in [3.8, 4) is 0 Å². The summed E-state index contributed by atoms with van der Waals surface area (Å²) in [4.78, 5) is 0. The first-order chi connectivity index (χ1) is 7.15. The lowest BCUT2D eigenvalue weighted by Crippen LogP contribution is -2.13. The van der Waals surface area contributed by atoms with E-state index in [0.29, 0.717) is 12.1 Å². The fourth-order valence-corrected chi connectivity index (χ4v) is 1.97. The van der Waals surface area contributed by atoms with Crippen LogP contribution in [-0.2, 0) is 0 Å². The zero-order chi connectivity index (χ0) is 10.8. The van der Waals surface area contributed by atoms with Crippen molar-refractivity contribution in [3.63, 3.8) is 0 Å². The smallest absolute Gasteiger partial charge is 0.0850 e. The van der Waals surface area contributed by atoms with E-state index < -0.39 is 0 Å². The SMILES string of the molecule is CC(C)n1ccc(C=C2CCC(N)C2)n1. The first kappa shape index (κ1) is 10.4. The Morgan fingerprint density at radius 3 is 2.93 bits per heavy atom. The van der Waals surface area contributed by atoms with Crippen LogP contribution in [0.2, 0.25) is 0 Å². The summed E-state index contributed by atoms with van der Waals surface area (Å²) in [7, 11) is 0. The molecular formula is C12H19N3. The number of hydrogen-bond donors (Lipinski definition) is 1. The van der Waals surface area contributed by atoms with E-state index in [1.165, 1.54) is 5.57 Å². The number of rotatable bonds is 2. The standard InChI is InChI=1S/C12H19N3/c1-9(2)15-6-5-12(14-15)8-10-3-4-11(13)7-10/h5-6,8-9,11H,3-4,7,13H2,1-2H3. The van der Waals surface area contributed by atoms with Crippen LogP contribution in [0.15, 0.2) is 17.8 Å². The quantitative estimate of drug-likeness (QED) is 0.805. The Hall–Kier alpha value is -1.09. The molecule has 3 nitrogen and oxygen atoms in total. The van der Waals surface area contributed by atoms with Gasteiger partial charge in [-0.2, -0.15) is 5.10 Å². The summed E-state index contributed by atoms with van der Waals surface area (Å²) in [6.45, 7) is 4.27. The number of nitrogens with two attached hydrogens (primary N) is 1. The van der Waals surface area contributed by atoms with Gasteiger partial charge in [0.1, 0.15) is 0 Å². The summed E-state index contributed by atoms with van der Waals surface area (Å²) < 4.78 is 1.99. The molecule has 0 saturated heterocycles. The molecule has 0 aliphatic heterocycles. The van der Waals surface area contributed by atoms with Crippen molar-refractivity contribution in [2.75, 3.05) is 0 Å². The van der Waals surface area contributed by atoms with Crippen molar-refractivity contribution in [2.24, 2.45) is 5.73 Å². The van der Waals surface area contributed by atoms with Crippen LogP contribution in [0.3, 0.4) is 0 Å². The highest BCUT2D eigenvalue weighted by Gasteiger charge is 2.15. The average molecular weight is 205 g/mol. The van der Waals surface area contributed by atoms with Gasteiger partial charge in [0.05, 0.1) is 5.69 Å². The number of aromatic nitrogens is 2. The molecule has 1 unspecified atom stereocenters. The molecule has 15 heavy (non-hydrogen) atoms. The average Bonchev–Trinajstić information content (AvgIpc) is 2.76. The molecule has 1 aromatic heterocycles. The highest BCUT2D eigenvalue weighted by atomic mass is 15.3. The normalized spacial score (nSPS) is 24.3. The van der Waals surface area contributed by atoms with Crippen LogP contribution in [0.5, 0.6) is 0 Å². The molecule has 1 aromatic rings. The lowest BCUT2D eigenvalue weighted by Gasteiger charge is -2.03. The zero-order valence-corrected chi connectivity index (χ0v) is 9.48. The second kappa shape index (κ2) is 4.19. The van der Waals surface area contributed by atoms with Gasteiger partial charge >= 0.3 is 0 Å². The summed E-state index contributed by atoms with van der Waals surface area (Å²) in [5.74, 6) is 0. The molecule has 2 N–H and O–H groups in total. The number of nitrogens with zero attached hydrogens (tertiary/aromatic N) is 2. The third-order valence-electron chi connectivity index (χ3n) is 2.87. The summed E-state index contributed by atoms with van der Waals surface area (Å²) in [5, 5.41) is 4.50. The van der Waals surface area contributed by atoms with Crippen LogP contribution in [0.4, 0.5) is 0 Å². The largest absolute Gasteiger partial charge is 0.327 e. The second-order valence-corrected chi connectivity index (χ2v) is 4.62. The van der Waals surface area contributed by atoms with Gasteiger partial charge in [-0.25, -0.2) is 0 Å². The first-order valence-electron chi connectivity index (χ1n) is 5.65. The van der Waals surface area contributed by atoms with E-state index >= 15 is 0 Å². The Kier molecular flexibility index (Phi) is 2.91. The third kappa shape index (κ3) is 2.48. The van der Waals surface area contributed by atoms with Gasteiger partial charge in [-0.15, -0.1) is 0 Å². The molecule has 82 valence electrons. The maximum absolute atomic E-state index is 5.87. The minimum Gasteiger partial charge on any atom is -0.327 e. The van der Waals surface area contributed by atoms with Gasteiger partial charge < -0.3 is 5.73 Å². The van der Waals surface area contributed by atoms with Crippen LogP contribution in [0.1, 0.15) is 44.8 Å². The van der Waals surface area contributed by atoms with Crippen LogP contribution in [0, 0.1) is 0 Å². The van der Waals surface area contributed by atoms with Crippen molar-refractivity contribution in [1.82, 2.24) is 9.78 Å². The zero-order valence-electron chi connectivity index (χ0n) is 9.48. The molecule has 1 fully saturated rings. The fraction of sp³-hybridized carbons (Fsp3) is 0.583. The van der Waals surface area contributed by atoms with Crippen LogP contribution >= 0.6 is 0 Å². The molecule has 1 aliphatic carbocycles. The molecule has 0 amide bonds. The lowest BCUT2D eigenvalue weighted by atomic mass is 10.2. The summed E-state index contributed by atoms with van der Waals surface area (Å²) >= 11 is 0. The van der Waals surface area contributed by atoms with Gasteiger partial charge in [-0.05, 0) is 45.3 Å². The van der Waals surface area contributed by atoms with E-state index in [1.54, 1.807) is 0 Å². The molecule has 1 heterocycles. The Morgan fingerprint density at radius 1 is 1.60 bits per heavy atom. The molecule has 0 spiro atoms. The molecule has 0 bridgehead atoms. The first-order valence-corrected chi connectivity index (χ1v) is 5.65. The van der Waals surface area contributed by atoms with Gasteiger partial charge in [0, 0.05) is 18.3 Å².